The van der Waals surface area contributed by atoms with E-state index >= 15 is 0 Å². The largest absolute Gasteiger partial charge is 0.497 e. The molecule has 3 rings (SSSR count). The van der Waals surface area contributed by atoms with Crippen LogP contribution >= 0.6 is 0 Å². The first-order valence-corrected chi connectivity index (χ1v) is 9.64. The van der Waals surface area contributed by atoms with Gasteiger partial charge in [0.05, 0.1) is 19.9 Å². The molecule has 0 saturated heterocycles. The first kappa shape index (κ1) is 19.4. The van der Waals surface area contributed by atoms with Crippen LogP contribution in [0.4, 0.5) is 10.1 Å². The van der Waals surface area contributed by atoms with Gasteiger partial charge in [0.25, 0.3) is 15.9 Å². The molecule has 0 radical (unpaired) electrons. The molecule has 0 saturated carbocycles. The van der Waals surface area contributed by atoms with Gasteiger partial charge in [-0.3, -0.25) is 9.52 Å². The van der Waals surface area contributed by atoms with E-state index in [4.69, 9.17) is 9.15 Å². The summed E-state index contributed by atoms with van der Waals surface area (Å²) in [5.74, 6) is -0.449. The van der Waals surface area contributed by atoms with Crippen molar-refractivity contribution in [3.05, 3.63) is 78.0 Å². The first-order chi connectivity index (χ1) is 13.4. The van der Waals surface area contributed by atoms with Crippen molar-refractivity contribution < 1.29 is 26.8 Å². The minimum absolute atomic E-state index is 0.00284. The minimum atomic E-state index is -4.24. The molecule has 0 atom stereocenters. The lowest BCUT2D eigenvalue weighted by molar-refractivity contribution is 0.0947. The molecule has 2 aromatic carbocycles. The number of anilines is 1. The Labute approximate surface area is 161 Å². The van der Waals surface area contributed by atoms with Crippen LogP contribution in [0.1, 0.15) is 16.1 Å². The Morgan fingerprint density at radius 2 is 1.89 bits per heavy atom. The van der Waals surface area contributed by atoms with Crippen LogP contribution in [0.25, 0.3) is 0 Å². The topological polar surface area (TPSA) is 97.6 Å². The predicted molar refractivity (Wildman–Crippen MR) is 100 cm³/mol. The van der Waals surface area contributed by atoms with Gasteiger partial charge in [-0.25, -0.2) is 12.8 Å². The van der Waals surface area contributed by atoms with Crippen LogP contribution in [0.2, 0.25) is 0 Å². The van der Waals surface area contributed by atoms with Crippen molar-refractivity contribution in [2.24, 2.45) is 0 Å². The molecule has 0 bridgehead atoms. The molecule has 9 heteroatoms. The summed E-state index contributed by atoms with van der Waals surface area (Å²) in [4.78, 5) is 11.6. The number of nitrogens with one attached hydrogen (secondary N) is 2. The second-order valence-electron chi connectivity index (χ2n) is 5.74. The van der Waals surface area contributed by atoms with E-state index in [2.05, 4.69) is 10.0 Å². The Morgan fingerprint density at radius 3 is 2.54 bits per heavy atom. The van der Waals surface area contributed by atoms with Crippen molar-refractivity contribution in [2.75, 3.05) is 11.8 Å². The third kappa shape index (κ3) is 4.49. The van der Waals surface area contributed by atoms with E-state index in [1.165, 1.54) is 31.6 Å². The van der Waals surface area contributed by atoms with E-state index in [1.807, 2.05) is 0 Å². The van der Waals surface area contributed by atoms with Gasteiger partial charge in [0.15, 0.2) is 0 Å². The van der Waals surface area contributed by atoms with Gasteiger partial charge in [-0.2, -0.15) is 0 Å². The SMILES string of the molecule is COc1ccc(NS(=O)(=O)c2cc(C(=O)NCc3ccco3)ccc2F)cc1. The average molecular weight is 404 g/mol. The molecule has 28 heavy (non-hydrogen) atoms. The first-order valence-electron chi connectivity index (χ1n) is 8.16. The maximum absolute atomic E-state index is 14.2. The number of hydrogen-bond donors (Lipinski definition) is 2. The molecule has 0 aliphatic carbocycles. The number of hydrogen-bond acceptors (Lipinski definition) is 5. The Hall–Kier alpha value is -3.33. The number of rotatable bonds is 7. The van der Waals surface area contributed by atoms with Crippen LogP contribution in [-0.4, -0.2) is 21.4 Å². The molecule has 1 heterocycles. The van der Waals surface area contributed by atoms with Crippen molar-refractivity contribution in [3.8, 4) is 5.75 Å². The Bertz CT molecular complexity index is 1060. The van der Waals surface area contributed by atoms with E-state index in [0.717, 1.165) is 12.1 Å². The molecular weight excluding hydrogens is 387 g/mol. The number of amides is 1. The lowest BCUT2D eigenvalue weighted by Gasteiger charge is -2.11. The summed E-state index contributed by atoms with van der Waals surface area (Å²) in [7, 11) is -2.76. The fourth-order valence-corrected chi connectivity index (χ4v) is 3.57. The summed E-state index contributed by atoms with van der Waals surface area (Å²) < 4.78 is 51.7. The summed E-state index contributed by atoms with van der Waals surface area (Å²) in [6.45, 7) is 0.120. The van der Waals surface area contributed by atoms with Crippen LogP contribution in [0, 0.1) is 5.82 Å². The smallest absolute Gasteiger partial charge is 0.264 e. The zero-order valence-electron chi connectivity index (χ0n) is 14.8. The van der Waals surface area contributed by atoms with Crippen molar-refractivity contribution >= 4 is 21.6 Å². The fraction of sp³-hybridized carbons (Fsp3) is 0.105. The van der Waals surface area contributed by atoms with E-state index in [-0.39, 0.29) is 17.8 Å². The normalized spacial score (nSPS) is 11.1. The van der Waals surface area contributed by atoms with Gasteiger partial charge >= 0.3 is 0 Å². The molecule has 1 amide bonds. The summed E-state index contributed by atoms with van der Waals surface area (Å²) >= 11 is 0. The Kier molecular flexibility index (Phi) is 5.65. The van der Waals surface area contributed by atoms with Crippen LogP contribution in [0.5, 0.6) is 5.75 Å². The highest BCUT2D eigenvalue weighted by Crippen LogP contribution is 2.22. The van der Waals surface area contributed by atoms with Gasteiger partial charge in [-0.1, -0.05) is 0 Å². The third-order valence-electron chi connectivity index (χ3n) is 3.83. The van der Waals surface area contributed by atoms with Crippen LogP contribution in [-0.2, 0) is 16.6 Å². The van der Waals surface area contributed by atoms with Gasteiger partial charge in [0.2, 0.25) is 0 Å². The van der Waals surface area contributed by atoms with Gasteiger partial charge in [-0.15, -0.1) is 0 Å². The van der Waals surface area contributed by atoms with Crippen LogP contribution in [0.3, 0.4) is 0 Å². The van der Waals surface area contributed by atoms with E-state index in [0.29, 0.717) is 11.5 Å². The van der Waals surface area contributed by atoms with Crippen LogP contribution in [0.15, 0.2) is 70.2 Å². The van der Waals surface area contributed by atoms with Crippen LogP contribution < -0.4 is 14.8 Å². The number of methoxy groups -OCH3 is 1. The molecule has 146 valence electrons. The lowest BCUT2D eigenvalue weighted by Crippen LogP contribution is -2.23. The molecule has 0 fully saturated rings. The number of sulfonamides is 1. The van der Waals surface area contributed by atoms with Gasteiger partial charge in [0.1, 0.15) is 22.2 Å². The Balaban J connectivity index is 1.79. The summed E-state index contributed by atoms with van der Waals surface area (Å²) in [6.07, 6.45) is 1.47. The van der Waals surface area contributed by atoms with E-state index in [1.54, 1.807) is 24.3 Å². The number of furan rings is 1. The molecule has 1 aromatic heterocycles. The van der Waals surface area contributed by atoms with E-state index < -0.39 is 26.6 Å². The van der Waals surface area contributed by atoms with Crippen molar-refractivity contribution in [1.82, 2.24) is 5.32 Å². The predicted octanol–water partition coefficient (Wildman–Crippen LogP) is 3.16. The fourth-order valence-electron chi connectivity index (χ4n) is 2.40. The van der Waals surface area contributed by atoms with Gasteiger partial charge < -0.3 is 14.5 Å². The maximum atomic E-state index is 14.2. The standard InChI is InChI=1S/C19H17FN2O5S/c1-26-15-7-5-14(6-8-15)22-28(24,25)18-11-13(4-9-17(18)20)19(23)21-12-16-3-2-10-27-16/h2-11,22H,12H2,1H3,(H,21,23). The van der Waals surface area contributed by atoms with Crippen molar-refractivity contribution in [2.45, 2.75) is 11.4 Å². The average Bonchev–Trinajstić information content (AvgIpc) is 3.20. The van der Waals surface area contributed by atoms with Gasteiger partial charge in [0, 0.05) is 11.3 Å². The van der Waals surface area contributed by atoms with Gasteiger partial charge in [-0.05, 0) is 54.6 Å². The zero-order chi connectivity index (χ0) is 20.1. The number of benzene rings is 2. The highest BCUT2D eigenvalue weighted by molar-refractivity contribution is 7.92. The summed E-state index contributed by atoms with van der Waals surface area (Å²) in [5, 5.41) is 2.58. The lowest BCUT2D eigenvalue weighted by atomic mass is 10.2. The number of ether oxygens (including phenoxy) is 1. The maximum Gasteiger partial charge on any atom is 0.264 e. The number of halogens is 1. The zero-order valence-corrected chi connectivity index (χ0v) is 15.6. The summed E-state index contributed by atoms with van der Waals surface area (Å²) in [5.41, 5.74) is 0.232. The summed E-state index contributed by atoms with van der Waals surface area (Å²) in [6, 6.07) is 12.6. The Morgan fingerprint density at radius 1 is 1.14 bits per heavy atom. The highest BCUT2D eigenvalue weighted by atomic mass is 32.2. The molecule has 2 N–H and O–H groups in total. The molecule has 3 aromatic rings. The highest BCUT2D eigenvalue weighted by Gasteiger charge is 2.21. The second-order valence-corrected chi connectivity index (χ2v) is 7.39. The number of carbonyl (C=O) groups is 1. The molecule has 0 unspecified atom stereocenters. The molecule has 7 nitrogen and oxygen atoms in total. The molecular formula is C19H17FN2O5S. The molecule has 0 aliphatic rings. The quantitative estimate of drug-likeness (QED) is 0.630. The number of carbonyl (C=O) groups excluding carboxylic acids is 1. The minimum Gasteiger partial charge on any atom is -0.497 e. The molecule has 0 aliphatic heterocycles. The monoisotopic (exact) mass is 404 g/mol. The van der Waals surface area contributed by atoms with Crippen molar-refractivity contribution in [3.63, 3.8) is 0 Å². The van der Waals surface area contributed by atoms with E-state index in [9.17, 15) is 17.6 Å². The third-order valence-corrected chi connectivity index (χ3v) is 5.22. The molecule has 0 spiro atoms. The second kappa shape index (κ2) is 8.13. The van der Waals surface area contributed by atoms with Crippen molar-refractivity contribution in [1.29, 1.82) is 0 Å².